The van der Waals surface area contributed by atoms with Crippen LogP contribution in [0.5, 0.6) is 5.88 Å². The molecule has 0 fully saturated rings. The maximum absolute atomic E-state index is 12.2. The van der Waals surface area contributed by atoms with E-state index in [0.717, 1.165) is 11.3 Å². The molecule has 0 saturated carbocycles. The van der Waals surface area contributed by atoms with Gasteiger partial charge in [-0.1, -0.05) is 5.92 Å². The number of aryl methyl sites for hydroxylation is 2. The molecule has 9 heteroatoms. The van der Waals surface area contributed by atoms with Gasteiger partial charge in [0.2, 0.25) is 5.88 Å². The van der Waals surface area contributed by atoms with E-state index >= 15 is 0 Å². The number of terminal acetylenes is 1. The van der Waals surface area contributed by atoms with Gasteiger partial charge < -0.3 is 10.4 Å². The zero-order valence-corrected chi connectivity index (χ0v) is 17.7. The summed E-state index contributed by atoms with van der Waals surface area (Å²) in [7, 11) is 0. The number of hydrogen-bond donors (Lipinski definition) is 2. The van der Waals surface area contributed by atoms with E-state index in [2.05, 4.69) is 21.3 Å². The van der Waals surface area contributed by atoms with Gasteiger partial charge in [-0.3, -0.25) is 19.0 Å². The summed E-state index contributed by atoms with van der Waals surface area (Å²) in [5.41, 5.74) is 4.63. The van der Waals surface area contributed by atoms with E-state index in [1.165, 1.54) is 6.20 Å². The van der Waals surface area contributed by atoms with Gasteiger partial charge in [0, 0.05) is 23.7 Å². The molecule has 4 aromatic heterocycles. The van der Waals surface area contributed by atoms with Crippen molar-refractivity contribution in [2.75, 3.05) is 6.54 Å². The lowest BCUT2D eigenvalue weighted by Gasteiger charge is -2.06. The SMILES string of the molecule is C#CCNC(=O)c1cncc(-c2cc(C)c3c(O)n(-c4cnn(CCl)c4)c(C)c3n2)c1. The highest BCUT2D eigenvalue weighted by molar-refractivity contribution is 6.15. The lowest BCUT2D eigenvalue weighted by atomic mass is 10.1. The molecule has 0 saturated heterocycles. The molecule has 0 aliphatic rings. The third-order valence-corrected chi connectivity index (χ3v) is 5.22. The molecule has 4 aromatic rings. The first-order chi connectivity index (χ1) is 14.9. The van der Waals surface area contributed by atoms with Crippen molar-refractivity contribution in [3.63, 3.8) is 0 Å². The Morgan fingerprint density at radius 1 is 1.29 bits per heavy atom. The average Bonchev–Trinajstić information content (AvgIpc) is 3.34. The highest BCUT2D eigenvalue weighted by Gasteiger charge is 2.20. The van der Waals surface area contributed by atoms with Crippen LogP contribution in [-0.4, -0.2) is 41.9 Å². The third-order valence-electron chi connectivity index (χ3n) is 4.98. The summed E-state index contributed by atoms with van der Waals surface area (Å²) >= 11 is 5.84. The van der Waals surface area contributed by atoms with Crippen LogP contribution in [0.15, 0.2) is 36.9 Å². The average molecular weight is 435 g/mol. The van der Waals surface area contributed by atoms with Crippen molar-refractivity contribution in [1.29, 1.82) is 0 Å². The topological polar surface area (TPSA) is 97.9 Å². The van der Waals surface area contributed by atoms with Gasteiger partial charge in [-0.05, 0) is 31.5 Å². The molecule has 156 valence electrons. The summed E-state index contributed by atoms with van der Waals surface area (Å²) in [5.74, 6) is 2.15. The number of fused-ring (bicyclic) bond motifs is 1. The maximum Gasteiger partial charge on any atom is 0.253 e. The Kier molecular flexibility index (Phi) is 5.36. The van der Waals surface area contributed by atoms with Crippen LogP contribution in [0.2, 0.25) is 0 Å². The monoisotopic (exact) mass is 434 g/mol. The first-order valence-corrected chi connectivity index (χ1v) is 9.95. The Bertz CT molecular complexity index is 1350. The third kappa shape index (κ3) is 3.60. The minimum atomic E-state index is -0.304. The normalized spacial score (nSPS) is 10.9. The quantitative estimate of drug-likeness (QED) is 0.371. The van der Waals surface area contributed by atoms with Crippen molar-refractivity contribution < 1.29 is 9.90 Å². The summed E-state index contributed by atoms with van der Waals surface area (Å²) in [6.07, 6.45) is 11.7. The predicted octanol–water partition coefficient (Wildman–Crippen LogP) is 3.17. The second-order valence-electron chi connectivity index (χ2n) is 7.00. The van der Waals surface area contributed by atoms with Crippen LogP contribution in [-0.2, 0) is 6.00 Å². The molecule has 1 amide bonds. The van der Waals surface area contributed by atoms with Crippen molar-refractivity contribution in [3.8, 4) is 35.2 Å². The Morgan fingerprint density at radius 3 is 2.81 bits per heavy atom. The number of aromatic hydroxyl groups is 1. The standard InChI is InChI=1S/C22H19ClN6O2/c1-4-5-25-21(30)16-7-15(8-24-9-16)18-6-13(2)19-20(27-18)14(3)29(22(19)31)17-10-26-28(11-17)12-23/h1,6-11,31H,5,12H2,2-3H3,(H,25,30). The largest absolute Gasteiger partial charge is 0.494 e. The van der Waals surface area contributed by atoms with Crippen molar-refractivity contribution in [3.05, 3.63) is 53.7 Å². The van der Waals surface area contributed by atoms with Crippen LogP contribution in [0.25, 0.3) is 27.8 Å². The van der Waals surface area contributed by atoms with Gasteiger partial charge in [0.15, 0.2) is 0 Å². The number of nitrogens with zero attached hydrogens (tertiary/aromatic N) is 5. The molecule has 0 spiro atoms. The number of carbonyl (C=O) groups is 1. The van der Waals surface area contributed by atoms with E-state index in [4.69, 9.17) is 23.0 Å². The molecule has 4 rings (SSSR count). The van der Waals surface area contributed by atoms with Crippen molar-refractivity contribution >= 4 is 28.4 Å². The van der Waals surface area contributed by atoms with Crippen LogP contribution >= 0.6 is 11.6 Å². The van der Waals surface area contributed by atoms with Gasteiger partial charge in [-0.15, -0.1) is 18.0 Å². The molecular formula is C22H19ClN6O2. The van der Waals surface area contributed by atoms with Crippen molar-refractivity contribution in [2.45, 2.75) is 19.9 Å². The number of hydrogen-bond acceptors (Lipinski definition) is 5. The van der Waals surface area contributed by atoms with Crippen molar-refractivity contribution in [1.82, 2.24) is 29.6 Å². The molecule has 0 radical (unpaired) electrons. The smallest absolute Gasteiger partial charge is 0.253 e. The van der Waals surface area contributed by atoms with Gasteiger partial charge >= 0.3 is 0 Å². The van der Waals surface area contributed by atoms with E-state index in [9.17, 15) is 9.90 Å². The zero-order chi connectivity index (χ0) is 22.1. The van der Waals surface area contributed by atoms with Crippen LogP contribution in [0.4, 0.5) is 0 Å². The van der Waals surface area contributed by atoms with Gasteiger partial charge in [0.1, 0.15) is 6.00 Å². The molecule has 0 aliphatic heterocycles. The van der Waals surface area contributed by atoms with Gasteiger partial charge in [-0.2, -0.15) is 5.10 Å². The van der Waals surface area contributed by atoms with Gasteiger partial charge in [-0.25, -0.2) is 4.98 Å². The Balaban J connectivity index is 1.82. The number of halogens is 1. The summed E-state index contributed by atoms with van der Waals surface area (Å²) in [6.45, 7) is 3.91. The van der Waals surface area contributed by atoms with Crippen LogP contribution in [0.3, 0.4) is 0 Å². The van der Waals surface area contributed by atoms with Crippen LogP contribution in [0.1, 0.15) is 21.6 Å². The first kappa shape index (κ1) is 20.4. The lowest BCUT2D eigenvalue weighted by Crippen LogP contribution is -2.23. The number of carbonyl (C=O) groups excluding carboxylic acids is 1. The second-order valence-corrected chi connectivity index (χ2v) is 7.24. The fourth-order valence-corrected chi connectivity index (χ4v) is 3.66. The molecule has 8 nitrogen and oxygen atoms in total. The fraction of sp³-hybridized carbons (Fsp3) is 0.182. The molecule has 0 aromatic carbocycles. The predicted molar refractivity (Wildman–Crippen MR) is 118 cm³/mol. The van der Waals surface area contributed by atoms with Gasteiger partial charge in [0.25, 0.3) is 5.91 Å². The number of amides is 1. The zero-order valence-electron chi connectivity index (χ0n) is 16.9. The molecule has 0 unspecified atom stereocenters. The minimum absolute atomic E-state index is 0.0821. The Hall–Kier alpha value is -3.83. The van der Waals surface area contributed by atoms with Gasteiger partial charge in [0.05, 0.1) is 46.8 Å². The second kappa shape index (κ2) is 8.13. The fourth-order valence-electron chi connectivity index (χ4n) is 3.53. The number of alkyl halides is 1. The molecule has 0 atom stereocenters. The number of pyridine rings is 2. The summed E-state index contributed by atoms with van der Waals surface area (Å²) < 4.78 is 3.25. The molecule has 31 heavy (non-hydrogen) atoms. The molecule has 2 N–H and O–H groups in total. The Labute approximate surface area is 183 Å². The number of aromatic nitrogens is 5. The van der Waals surface area contributed by atoms with E-state index in [1.807, 2.05) is 19.9 Å². The lowest BCUT2D eigenvalue weighted by molar-refractivity contribution is 0.0958. The number of rotatable bonds is 5. The molecule has 4 heterocycles. The van der Waals surface area contributed by atoms with Crippen LogP contribution < -0.4 is 5.32 Å². The van der Waals surface area contributed by atoms with Crippen LogP contribution in [0, 0.1) is 26.2 Å². The van der Waals surface area contributed by atoms with E-state index in [1.54, 1.807) is 33.9 Å². The summed E-state index contributed by atoms with van der Waals surface area (Å²) in [5, 5.41) is 18.4. The molecular weight excluding hydrogens is 416 g/mol. The van der Waals surface area contributed by atoms with E-state index in [0.29, 0.717) is 33.4 Å². The first-order valence-electron chi connectivity index (χ1n) is 9.42. The Morgan fingerprint density at radius 2 is 2.10 bits per heavy atom. The molecule has 0 aliphatic carbocycles. The number of nitrogens with one attached hydrogen (secondary N) is 1. The van der Waals surface area contributed by atoms with E-state index < -0.39 is 0 Å². The van der Waals surface area contributed by atoms with Crippen molar-refractivity contribution in [2.24, 2.45) is 0 Å². The summed E-state index contributed by atoms with van der Waals surface area (Å²) in [6, 6.07) is 3.78. The molecule has 0 bridgehead atoms. The van der Waals surface area contributed by atoms with E-state index in [-0.39, 0.29) is 24.3 Å². The highest BCUT2D eigenvalue weighted by atomic mass is 35.5. The summed E-state index contributed by atoms with van der Waals surface area (Å²) in [4.78, 5) is 21.2. The maximum atomic E-state index is 12.2. The minimum Gasteiger partial charge on any atom is -0.494 e. The highest BCUT2D eigenvalue weighted by Crippen LogP contribution is 2.36.